The zero-order valence-corrected chi connectivity index (χ0v) is 15.9. The number of piperazine rings is 1. The molecule has 1 amide bonds. The zero-order chi connectivity index (χ0) is 17.6. The highest BCUT2D eigenvalue weighted by Crippen LogP contribution is 2.12. The molecule has 2 N–H and O–H groups in total. The molecule has 2 heterocycles. The second kappa shape index (κ2) is 9.02. The van der Waals surface area contributed by atoms with Gasteiger partial charge >= 0.3 is 6.09 Å². The van der Waals surface area contributed by atoms with E-state index in [-0.39, 0.29) is 6.09 Å². The molecule has 6 heteroatoms. The first-order valence-corrected chi connectivity index (χ1v) is 9.50. The van der Waals surface area contributed by atoms with Crippen molar-refractivity contribution in [2.24, 2.45) is 0 Å². The molecule has 2 atom stereocenters. The monoisotopic (exact) mass is 340 g/mol. The van der Waals surface area contributed by atoms with Gasteiger partial charge < -0.3 is 20.3 Å². The molecule has 0 bridgehead atoms. The standard InChI is InChI=1S/C18H36N4O2/c1-15(14-16-6-5-7-20-16)19-8-9-21-10-12-22(13-11-21)17(23)24-18(2,3)4/h15-16,19-20H,5-14H2,1-4H3. The molecule has 0 aromatic carbocycles. The Labute approximate surface area is 147 Å². The first-order chi connectivity index (χ1) is 11.3. The lowest BCUT2D eigenvalue weighted by Gasteiger charge is -2.35. The van der Waals surface area contributed by atoms with E-state index in [1.807, 2.05) is 25.7 Å². The molecule has 0 aromatic heterocycles. The van der Waals surface area contributed by atoms with E-state index in [9.17, 15) is 4.79 Å². The highest BCUT2D eigenvalue weighted by atomic mass is 16.6. The minimum atomic E-state index is -0.414. The smallest absolute Gasteiger partial charge is 0.410 e. The Morgan fingerprint density at radius 2 is 2.00 bits per heavy atom. The molecule has 6 nitrogen and oxygen atoms in total. The first-order valence-electron chi connectivity index (χ1n) is 9.50. The van der Waals surface area contributed by atoms with Gasteiger partial charge in [-0.05, 0) is 53.5 Å². The Bertz CT molecular complexity index is 383. The van der Waals surface area contributed by atoms with E-state index in [2.05, 4.69) is 22.5 Å². The van der Waals surface area contributed by atoms with E-state index in [4.69, 9.17) is 4.74 Å². The lowest BCUT2D eigenvalue weighted by Crippen LogP contribution is -2.51. The molecule has 2 aliphatic heterocycles. The van der Waals surface area contributed by atoms with E-state index in [1.165, 1.54) is 25.8 Å². The second-order valence-electron chi connectivity index (χ2n) is 8.19. The van der Waals surface area contributed by atoms with E-state index in [0.29, 0.717) is 12.1 Å². The highest BCUT2D eigenvalue weighted by molar-refractivity contribution is 5.68. The number of amides is 1. The van der Waals surface area contributed by atoms with Crippen molar-refractivity contribution >= 4 is 6.09 Å². The second-order valence-corrected chi connectivity index (χ2v) is 8.19. The maximum atomic E-state index is 12.1. The molecule has 0 aliphatic carbocycles. The van der Waals surface area contributed by atoms with Crippen molar-refractivity contribution in [3.8, 4) is 0 Å². The Morgan fingerprint density at radius 1 is 1.29 bits per heavy atom. The van der Waals surface area contributed by atoms with Crippen molar-refractivity contribution in [2.45, 2.75) is 64.6 Å². The molecule has 2 unspecified atom stereocenters. The quantitative estimate of drug-likeness (QED) is 0.770. The van der Waals surface area contributed by atoms with E-state index < -0.39 is 5.60 Å². The molecule has 0 spiro atoms. The number of nitrogens with zero attached hydrogens (tertiary/aromatic N) is 2. The van der Waals surface area contributed by atoms with Gasteiger partial charge in [0.2, 0.25) is 0 Å². The number of carbonyl (C=O) groups excluding carboxylic acids is 1. The third-order valence-corrected chi connectivity index (χ3v) is 4.75. The molecular weight excluding hydrogens is 304 g/mol. The SMILES string of the molecule is CC(CC1CCCN1)NCCN1CCN(C(=O)OC(C)(C)C)CC1. The summed E-state index contributed by atoms with van der Waals surface area (Å²) >= 11 is 0. The van der Waals surface area contributed by atoms with Gasteiger partial charge in [-0.15, -0.1) is 0 Å². The van der Waals surface area contributed by atoms with Crippen LogP contribution >= 0.6 is 0 Å². The Balaban J connectivity index is 1.56. The number of nitrogens with one attached hydrogen (secondary N) is 2. The predicted octanol–water partition coefficient (Wildman–Crippen LogP) is 1.66. The van der Waals surface area contributed by atoms with E-state index in [0.717, 1.165) is 39.3 Å². The summed E-state index contributed by atoms with van der Waals surface area (Å²) in [5.74, 6) is 0. The third-order valence-electron chi connectivity index (χ3n) is 4.75. The first kappa shape index (κ1) is 19.5. The van der Waals surface area contributed by atoms with Crippen LogP contribution in [0.4, 0.5) is 4.79 Å². The summed E-state index contributed by atoms with van der Waals surface area (Å²) in [6.07, 6.45) is 3.67. The summed E-state index contributed by atoms with van der Waals surface area (Å²) < 4.78 is 5.44. The van der Waals surface area contributed by atoms with Crippen LogP contribution in [0.15, 0.2) is 0 Å². The summed E-state index contributed by atoms with van der Waals surface area (Å²) in [5.41, 5.74) is -0.414. The highest BCUT2D eigenvalue weighted by Gasteiger charge is 2.25. The number of hydrogen-bond donors (Lipinski definition) is 2. The molecule has 2 rings (SSSR count). The number of carbonyl (C=O) groups is 1. The van der Waals surface area contributed by atoms with Crippen molar-refractivity contribution in [3.05, 3.63) is 0 Å². The number of ether oxygens (including phenoxy) is 1. The van der Waals surface area contributed by atoms with Crippen molar-refractivity contribution in [2.75, 3.05) is 45.8 Å². The maximum Gasteiger partial charge on any atom is 0.410 e. The third kappa shape index (κ3) is 6.95. The van der Waals surface area contributed by atoms with Gasteiger partial charge in [-0.2, -0.15) is 0 Å². The molecule has 0 aromatic rings. The Morgan fingerprint density at radius 3 is 2.58 bits per heavy atom. The molecular formula is C18H36N4O2. The van der Waals surface area contributed by atoms with Gasteiger partial charge in [-0.25, -0.2) is 4.79 Å². The Kier molecular flexibility index (Phi) is 7.32. The van der Waals surface area contributed by atoms with Crippen molar-refractivity contribution in [3.63, 3.8) is 0 Å². The largest absolute Gasteiger partial charge is 0.444 e. The van der Waals surface area contributed by atoms with Crippen LogP contribution in [-0.4, -0.2) is 79.4 Å². The normalized spacial score (nSPS) is 24.2. The average molecular weight is 341 g/mol. The van der Waals surface area contributed by atoms with Gasteiger partial charge in [0.1, 0.15) is 5.60 Å². The van der Waals surface area contributed by atoms with Crippen molar-refractivity contribution in [1.82, 2.24) is 20.4 Å². The van der Waals surface area contributed by atoms with Gasteiger partial charge in [-0.1, -0.05) is 0 Å². The topological polar surface area (TPSA) is 56.8 Å². The summed E-state index contributed by atoms with van der Waals surface area (Å²) in [6, 6.07) is 1.26. The van der Waals surface area contributed by atoms with Gasteiger partial charge in [0.05, 0.1) is 0 Å². The summed E-state index contributed by atoms with van der Waals surface area (Å²) in [4.78, 5) is 16.3. The van der Waals surface area contributed by atoms with Crippen LogP contribution in [0.3, 0.4) is 0 Å². The fraction of sp³-hybridized carbons (Fsp3) is 0.944. The van der Waals surface area contributed by atoms with Crippen LogP contribution in [0.2, 0.25) is 0 Å². The van der Waals surface area contributed by atoms with Crippen LogP contribution < -0.4 is 10.6 Å². The average Bonchev–Trinajstić information content (AvgIpc) is 2.99. The van der Waals surface area contributed by atoms with E-state index in [1.54, 1.807) is 0 Å². The van der Waals surface area contributed by atoms with Crippen LogP contribution in [0.1, 0.15) is 47.0 Å². The van der Waals surface area contributed by atoms with Gasteiger partial charge in [0, 0.05) is 51.4 Å². The number of rotatable bonds is 6. The fourth-order valence-corrected chi connectivity index (χ4v) is 3.42. The molecule has 24 heavy (non-hydrogen) atoms. The lowest BCUT2D eigenvalue weighted by molar-refractivity contribution is 0.0146. The van der Waals surface area contributed by atoms with Gasteiger partial charge in [-0.3, -0.25) is 4.90 Å². The molecule has 2 saturated heterocycles. The van der Waals surface area contributed by atoms with Crippen LogP contribution in [-0.2, 0) is 4.74 Å². The Hall–Kier alpha value is -0.850. The van der Waals surface area contributed by atoms with Crippen molar-refractivity contribution in [1.29, 1.82) is 0 Å². The molecule has 2 aliphatic rings. The van der Waals surface area contributed by atoms with Crippen LogP contribution in [0.5, 0.6) is 0 Å². The minimum Gasteiger partial charge on any atom is -0.444 e. The van der Waals surface area contributed by atoms with Gasteiger partial charge in [0.25, 0.3) is 0 Å². The van der Waals surface area contributed by atoms with Crippen molar-refractivity contribution < 1.29 is 9.53 Å². The molecule has 2 fully saturated rings. The summed E-state index contributed by atoms with van der Waals surface area (Å²) in [6.45, 7) is 14.6. The zero-order valence-electron chi connectivity index (χ0n) is 15.9. The van der Waals surface area contributed by atoms with Crippen LogP contribution in [0, 0.1) is 0 Å². The van der Waals surface area contributed by atoms with Crippen LogP contribution in [0.25, 0.3) is 0 Å². The maximum absolute atomic E-state index is 12.1. The molecule has 0 saturated carbocycles. The minimum absolute atomic E-state index is 0.182. The summed E-state index contributed by atoms with van der Waals surface area (Å²) in [7, 11) is 0. The van der Waals surface area contributed by atoms with Gasteiger partial charge in [0.15, 0.2) is 0 Å². The molecule has 140 valence electrons. The lowest BCUT2D eigenvalue weighted by atomic mass is 10.1. The fourth-order valence-electron chi connectivity index (χ4n) is 3.42. The van der Waals surface area contributed by atoms with E-state index >= 15 is 0 Å². The summed E-state index contributed by atoms with van der Waals surface area (Å²) in [5, 5.41) is 7.19. The number of hydrogen-bond acceptors (Lipinski definition) is 5. The predicted molar refractivity (Wildman–Crippen MR) is 97.4 cm³/mol. The molecule has 0 radical (unpaired) electrons.